The third-order valence-electron chi connectivity index (χ3n) is 1.71. The van der Waals surface area contributed by atoms with Crippen molar-refractivity contribution in [1.82, 2.24) is 0 Å². The monoisotopic (exact) mass is 262 g/mol. The molecule has 4 nitrogen and oxygen atoms in total. The summed E-state index contributed by atoms with van der Waals surface area (Å²) >= 11 is 0. The summed E-state index contributed by atoms with van der Waals surface area (Å²) in [5.74, 6) is 0. The van der Waals surface area contributed by atoms with Gasteiger partial charge in [-0.3, -0.25) is 0 Å². The van der Waals surface area contributed by atoms with Crippen molar-refractivity contribution in [1.29, 1.82) is 10.8 Å². The van der Waals surface area contributed by atoms with Crippen molar-refractivity contribution in [3.05, 3.63) is 0 Å². The van der Waals surface area contributed by atoms with Gasteiger partial charge >= 0.3 is 0 Å². The van der Waals surface area contributed by atoms with Crippen molar-refractivity contribution in [3.8, 4) is 0 Å². The molecule has 0 unspecified atom stereocenters. The number of unbranched alkanes of at least 4 members (excludes halogenated alkanes) is 6. The Morgan fingerprint density at radius 2 is 0.833 bits per heavy atom. The molecular weight excluding hydrogens is 228 g/mol. The van der Waals surface area contributed by atoms with Crippen LogP contribution in [-0.2, 0) is 9.59 Å². The summed E-state index contributed by atoms with van der Waals surface area (Å²) in [4.78, 5) is 16.7. The van der Waals surface area contributed by atoms with Gasteiger partial charge in [0.25, 0.3) is 0 Å². The van der Waals surface area contributed by atoms with Crippen LogP contribution in [0.5, 0.6) is 0 Å². The lowest BCUT2D eigenvalue weighted by Crippen LogP contribution is -1.76. The first-order chi connectivity index (χ1) is 7.24. The molecule has 0 spiro atoms. The maximum atomic E-state index is 8.35. The third-order valence-corrected chi connectivity index (χ3v) is 1.71. The molecule has 0 fully saturated rings. The molecule has 0 saturated carbocycles. The van der Waals surface area contributed by atoms with Crippen LogP contribution in [-0.4, -0.2) is 12.2 Å². The van der Waals surface area contributed by atoms with E-state index in [0.29, 0.717) is 0 Å². The highest BCUT2D eigenvalue weighted by Crippen LogP contribution is 2.05. The number of hydrogen-bond acceptors (Lipinski definition) is 4. The first kappa shape index (κ1) is 36.0. The van der Waals surface area contributed by atoms with Gasteiger partial charge in [-0.05, 0) is 0 Å². The maximum absolute atomic E-state index is 8.35. The van der Waals surface area contributed by atoms with Gasteiger partial charge in [0.1, 0.15) is 0 Å². The van der Waals surface area contributed by atoms with E-state index in [9.17, 15) is 0 Å². The Morgan fingerprint density at radius 1 is 0.667 bits per heavy atom. The average molecular weight is 262 g/mol. The normalized spacial score (nSPS) is 5.89. The summed E-state index contributed by atoms with van der Waals surface area (Å²) in [6.07, 6.45) is 11.5. The van der Waals surface area contributed by atoms with Crippen LogP contribution in [0.25, 0.3) is 0 Å². The van der Waals surface area contributed by atoms with Crippen LogP contribution in [0.2, 0.25) is 0 Å². The molecule has 0 rings (SSSR count). The standard InChI is InChI=1S/C9H20.2CHNO.3CH4/c1-3-5-7-9-8-6-4-2;2*2-1-3;;;/h3-9H2,1-2H3;2*2H;3*1H4. The van der Waals surface area contributed by atoms with Crippen LogP contribution >= 0.6 is 0 Å². The van der Waals surface area contributed by atoms with E-state index >= 15 is 0 Å². The molecule has 0 saturated heterocycles. The zero-order valence-corrected chi connectivity index (χ0v) is 9.77. The van der Waals surface area contributed by atoms with Crippen LogP contribution in [0.15, 0.2) is 0 Å². The zero-order valence-electron chi connectivity index (χ0n) is 9.77. The molecule has 18 heavy (non-hydrogen) atoms. The molecule has 0 aliphatic heterocycles. The molecule has 0 aliphatic rings. The highest BCUT2D eigenvalue weighted by Gasteiger charge is 1.85. The summed E-state index contributed by atoms with van der Waals surface area (Å²) < 4.78 is 0. The molecule has 0 bridgehead atoms. The molecule has 0 heterocycles. The van der Waals surface area contributed by atoms with Crippen molar-refractivity contribution in [3.63, 3.8) is 0 Å². The van der Waals surface area contributed by atoms with Gasteiger partial charge in [-0.2, -0.15) is 0 Å². The second-order valence-electron chi connectivity index (χ2n) is 2.97. The Hall–Kier alpha value is -1.24. The smallest absolute Gasteiger partial charge is 0.222 e. The van der Waals surface area contributed by atoms with Gasteiger partial charge in [-0.15, -0.1) is 0 Å². The zero-order chi connectivity index (χ0) is 12.4. The van der Waals surface area contributed by atoms with Crippen molar-refractivity contribution < 1.29 is 9.59 Å². The summed E-state index contributed by atoms with van der Waals surface area (Å²) in [7, 11) is 0. The minimum atomic E-state index is 0. The van der Waals surface area contributed by atoms with Crippen molar-refractivity contribution in [2.75, 3.05) is 0 Å². The third kappa shape index (κ3) is 123. The predicted molar refractivity (Wildman–Crippen MR) is 80.7 cm³/mol. The molecule has 0 radical (unpaired) electrons. The van der Waals surface area contributed by atoms with Gasteiger partial charge in [0.05, 0.1) is 0 Å². The molecule has 0 aromatic rings. The van der Waals surface area contributed by atoms with Crippen LogP contribution in [0.3, 0.4) is 0 Å². The number of nitrogens with one attached hydrogen (secondary N) is 2. The van der Waals surface area contributed by atoms with Crippen molar-refractivity contribution in [2.45, 2.75) is 81.1 Å². The summed E-state index contributed by atoms with van der Waals surface area (Å²) in [6, 6.07) is 0. The van der Waals surface area contributed by atoms with E-state index in [1.807, 2.05) is 0 Å². The Balaban J connectivity index is -0.0000000347. The molecule has 4 heteroatoms. The van der Waals surface area contributed by atoms with Crippen LogP contribution < -0.4 is 0 Å². The van der Waals surface area contributed by atoms with Crippen molar-refractivity contribution >= 4 is 12.2 Å². The lowest BCUT2D eigenvalue weighted by molar-refractivity contribution is 0.562. The first-order valence-electron chi connectivity index (χ1n) is 5.32. The minimum absolute atomic E-state index is 0. The largest absolute Gasteiger partial charge is 0.231 e. The van der Waals surface area contributed by atoms with Crippen molar-refractivity contribution in [2.24, 2.45) is 0 Å². The van der Waals surface area contributed by atoms with Gasteiger partial charge in [0, 0.05) is 0 Å². The average Bonchev–Trinajstić information content (AvgIpc) is 2.20. The van der Waals surface area contributed by atoms with E-state index in [0.717, 1.165) is 12.2 Å². The summed E-state index contributed by atoms with van der Waals surface area (Å²) in [5, 5.41) is 10.8. The second kappa shape index (κ2) is 57.0. The lowest BCUT2D eigenvalue weighted by Gasteiger charge is -1.96. The number of rotatable bonds is 6. The maximum Gasteiger partial charge on any atom is 0.231 e. The molecule has 2 N–H and O–H groups in total. The number of carbonyl (C=O) groups excluding carboxylic acids is 2. The quantitative estimate of drug-likeness (QED) is 0.378. The fourth-order valence-electron chi connectivity index (χ4n) is 1.03. The SMILES string of the molecule is C.C.C.CCCCCCCCC.N=C=O.N=C=O. The van der Waals surface area contributed by atoms with Gasteiger partial charge < -0.3 is 0 Å². The van der Waals surface area contributed by atoms with E-state index in [4.69, 9.17) is 20.4 Å². The van der Waals surface area contributed by atoms with Crippen LogP contribution in [0.4, 0.5) is 0 Å². The molecule has 0 atom stereocenters. The van der Waals surface area contributed by atoms with E-state index in [-0.39, 0.29) is 22.3 Å². The lowest BCUT2D eigenvalue weighted by atomic mass is 10.1. The molecule has 0 aliphatic carbocycles. The summed E-state index contributed by atoms with van der Waals surface area (Å²) in [5.41, 5.74) is 0. The highest BCUT2D eigenvalue weighted by molar-refractivity contribution is 5.26. The molecule has 0 aromatic carbocycles. The fraction of sp³-hybridized carbons (Fsp3) is 0.857. The minimum Gasteiger partial charge on any atom is -0.222 e. The fourth-order valence-corrected chi connectivity index (χ4v) is 1.03. The van der Waals surface area contributed by atoms with Crippen LogP contribution in [0.1, 0.15) is 81.1 Å². The Kier molecular flexibility index (Phi) is 114. The van der Waals surface area contributed by atoms with Gasteiger partial charge in [-0.25, -0.2) is 20.4 Å². The predicted octanol–water partition coefficient (Wildman–Crippen LogP) is 5.47. The van der Waals surface area contributed by atoms with E-state index in [2.05, 4.69) is 13.8 Å². The molecule has 0 amide bonds. The van der Waals surface area contributed by atoms with E-state index in [1.54, 1.807) is 0 Å². The molecular formula is C14H34N2O2. The topological polar surface area (TPSA) is 81.8 Å². The Morgan fingerprint density at radius 3 is 1.00 bits per heavy atom. The van der Waals surface area contributed by atoms with Crippen LogP contribution in [0, 0.1) is 10.8 Å². The molecule has 112 valence electrons. The molecule has 0 aromatic heterocycles. The van der Waals surface area contributed by atoms with Gasteiger partial charge in [-0.1, -0.05) is 81.1 Å². The summed E-state index contributed by atoms with van der Waals surface area (Å²) in [6.45, 7) is 4.53. The Labute approximate surface area is 114 Å². The second-order valence-corrected chi connectivity index (χ2v) is 2.97. The highest BCUT2D eigenvalue weighted by atomic mass is 16.1. The van der Waals surface area contributed by atoms with E-state index < -0.39 is 0 Å². The Bertz CT molecular complexity index is 141. The van der Waals surface area contributed by atoms with Gasteiger partial charge in [0.15, 0.2) is 0 Å². The van der Waals surface area contributed by atoms with Gasteiger partial charge in [0.2, 0.25) is 12.2 Å². The number of hydrogen-bond donors (Lipinski definition) is 2. The van der Waals surface area contributed by atoms with E-state index in [1.165, 1.54) is 44.9 Å². The number of isocyanates is 2. The first-order valence-corrected chi connectivity index (χ1v) is 5.32.